The van der Waals surface area contributed by atoms with Crippen LogP contribution in [-0.4, -0.2) is 5.91 Å². The van der Waals surface area contributed by atoms with Crippen molar-refractivity contribution in [2.45, 2.75) is 0 Å². The fraction of sp³-hybridized carbons (Fsp3) is 0. The molecule has 0 spiro atoms. The zero-order valence-electron chi connectivity index (χ0n) is 10.2. The number of nitrogens with two attached hydrogens (primary N) is 1. The van der Waals surface area contributed by atoms with Crippen LogP contribution in [0.3, 0.4) is 0 Å². The Morgan fingerprint density at radius 3 is 2.75 bits per heavy atom. The highest BCUT2D eigenvalue weighted by molar-refractivity contribution is 9.10. The van der Waals surface area contributed by atoms with Gasteiger partial charge in [0, 0.05) is 10.2 Å². The highest BCUT2D eigenvalue weighted by Gasteiger charge is 2.12. The van der Waals surface area contributed by atoms with E-state index < -0.39 is 0 Å². The van der Waals surface area contributed by atoms with E-state index in [9.17, 15) is 4.79 Å². The summed E-state index contributed by atoms with van der Waals surface area (Å²) >= 11 is 9.27. The number of nitrogen functional groups attached to an aromatic ring is 1. The maximum absolute atomic E-state index is 12.2. The van der Waals surface area contributed by atoms with E-state index in [2.05, 4.69) is 21.2 Å². The number of hydrogen-bond acceptors (Lipinski definition) is 3. The van der Waals surface area contributed by atoms with Crippen molar-refractivity contribution < 1.29 is 4.79 Å². The van der Waals surface area contributed by atoms with Gasteiger partial charge in [0.25, 0.3) is 5.91 Å². The molecule has 0 aliphatic heterocycles. The molecular formula is C14H9BrClN3O. The lowest BCUT2D eigenvalue weighted by molar-refractivity contribution is 0.102. The van der Waals surface area contributed by atoms with E-state index in [4.69, 9.17) is 22.6 Å². The van der Waals surface area contributed by atoms with Crippen LogP contribution in [0.25, 0.3) is 0 Å². The predicted molar refractivity (Wildman–Crippen MR) is 82.7 cm³/mol. The van der Waals surface area contributed by atoms with Crippen LogP contribution in [-0.2, 0) is 0 Å². The van der Waals surface area contributed by atoms with Crippen LogP contribution in [0, 0.1) is 11.3 Å². The Kier molecular flexibility index (Phi) is 4.28. The standard InChI is InChI=1S/C14H9BrClN3O/c15-9-2-4-12(18)10(6-9)14(20)19-13-5-8(7-17)1-3-11(13)16/h1-6H,18H2,(H,19,20). The first-order chi connectivity index (χ1) is 9.51. The Hall–Kier alpha value is -2.03. The van der Waals surface area contributed by atoms with Crippen molar-refractivity contribution in [1.29, 1.82) is 5.26 Å². The predicted octanol–water partition coefficient (Wildman–Crippen LogP) is 3.81. The van der Waals surface area contributed by atoms with E-state index in [0.717, 1.165) is 4.47 Å². The third-order valence-electron chi connectivity index (χ3n) is 2.60. The van der Waals surface area contributed by atoms with E-state index in [-0.39, 0.29) is 5.91 Å². The first-order valence-electron chi connectivity index (χ1n) is 5.57. The number of nitrogens with zero attached hydrogens (tertiary/aromatic N) is 1. The summed E-state index contributed by atoms with van der Waals surface area (Å²) in [6, 6.07) is 11.6. The molecule has 3 N–H and O–H groups in total. The number of carbonyl (C=O) groups is 1. The molecule has 0 saturated carbocycles. The lowest BCUT2D eigenvalue weighted by atomic mass is 10.1. The van der Waals surface area contributed by atoms with E-state index in [1.807, 2.05) is 6.07 Å². The number of anilines is 2. The van der Waals surface area contributed by atoms with Gasteiger partial charge in [0.05, 0.1) is 27.9 Å². The average molecular weight is 351 g/mol. The van der Waals surface area contributed by atoms with Crippen molar-refractivity contribution in [3.8, 4) is 6.07 Å². The smallest absolute Gasteiger partial charge is 0.257 e. The van der Waals surface area contributed by atoms with Gasteiger partial charge in [-0.05, 0) is 36.4 Å². The fourth-order valence-electron chi connectivity index (χ4n) is 1.61. The van der Waals surface area contributed by atoms with E-state index in [0.29, 0.717) is 27.5 Å². The number of rotatable bonds is 2. The maximum atomic E-state index is 12.2. The van der Waals surface area contributed by atoms with Crippen LogP contribution in [0.15, 0.2) is 40.9 Å². The molecule has 2 aromatic rings. The molecule has 0 aromatic heterocycles. The van der Waals surface area contributed by atoms with Crippen LogP contribution in [0.4, 0.5) is 11.4 Å². The van der Waals surface area contributed by atoms with Crippen LogP contribution in [0.1, 0.15) is 15.9 Å². The summed E-state index contributed by atoms with van der Waals surface area (Å²) < 4.78 is 0.744. The topological polar surface area (TPSA) is 78.9 Å². The molecule has 4 nitrogen and oxygen atoms in total. The normalized spacial score (nSPS) is 9.85. The average Bonchev–Trinajstić information content (AvgIpc) is 2.43. The van der Waals surface area contributed by atoms with Crippen LogP contribution in [0.2, 0.25) is 5.02 Å². The molecule has 0 bridgehead atoms. The van der Waals surface area contributed by atoms with Gasteiger partial charge in [-0.15, -0.1) is 0 Å². The molecule has 0 heterocycles. The second kappa shape index (κ2) is 5.95. The molecule has 2 rings (SSSR count). The lowest BCUT2D eigenvalue weighted by Crippen LogP contribution is -2.14. The Morgan fingerprint density at radius 2 is 2.05 bits per heavy atom. The summed E-state index contributed by atoms with van der Waals surface area (Å²) in [5, 5.41) is 11.9. The number of nitriles is 1. The van der Waals surface area contributed by atoms with Gasteiger partial charge in [-0.2, -0.15) is 5.26 Å². The summed E-state index contributed by atoms with van der Waals surface area (Å²) in [5.74, 6) is -0.388. The van der Waals surface area contributed by atoms with Gasteiger partial charge in [0.2, 0.25) is 0 Å². The monoisotopic (exact) mass is 349 g/mol. The number of carbonyl (C=O) groups excluding carboxylic acids is 1. The van der Waals surface area contributed by atoms with E-state index in [1.165, 1.54) is 6.07 Å². The molecule has 0 aliphatic rings. The van der Waals surface area contributed by atoms with Crippen molar-refractivity contribution in [2.75, 3.05) is 11.1 Å². The van der Waals surface area contributed by atoms with Gasteiger partial charge in [-0.3, -0.25) is 4.79 Å². The van der Waals surface area contributed by atoms with Crippen molar-refractivity contribution in [3.05, 3.63) is 57.0 Å². The lowest BCUT2D eigenvalue weighted by Gasteiger charge is -2.09. The summed E-state index contributed by atoms with van der Waals surface area (Å²) in [6.07, 6.45) is 0. The first-order valence-corrected chi connectivity index (χ1v) is 6.74. The highest BCUT2D eigenvalue weighted by Crippen LogP contribution is 2.25. The molecular weight excluding hydrogens is 342 g/mol. The molecule has 0 aliphatic carbocycles. The zero-order chi connectivity index (χ0) is 14.7. The van der Waals surface area contributed by atoms with Crippen LogP contribution in [0.5, 0.6) is 0 Å². The molecule has 1 amide bonds. The Bertz CT molecular complexity index is 725. The number of benzene rings is 2. The molecule has 0 radical (unpaired) electrons. The van der Waals surface area contributed by atoms with Crippen molar-refractivity contribution in [3.63, 3.8) is 0 Å². The van der Waals surface area contributed by atoms with Gasteiger partial charge in [0.1, 0.15) is 0 Å². The van der Waals surface area contributed by atoms with E-state index in [1.54, 1.807) is 30.3 Å². The molecule has 0 atom stereocenters. The Balaban J connectivity index is 2.33. The molecule has 20 heavy (non-hydrogen) atoms. The summed E-state index contributed by atoms with van der Waals surface area (Å²) in [6.45, 7) is 0. The molecule has 0 fully saturated rings. The third kappa shape index (κ3) is 3.10. The van der Waals surface area contributed by atoms with Crippen LogP contribution >= 0.6 is 27.5 Å². The largest absolute Gasteiger partial charge is 0.398 e. The Labute approximate surface area is 129 Å². The van der Waals surface area contributed by atoms with Crippen molar-refractivity contribution in [1.82, 2.24) is 0 Å². The molecule has 2 aromatic carbocycles. The molecule has 6 heteroatoms. The minimum atomic E-state index is -0.388. The maximum Gasteiger partial charge on any atom is 0.257 e. The third-order valence-corrected chi connectivity index (χ3v) is 3.43. The summed E-state index contributed by atoms with van der Waals surface area (Å²) in [5.41, 5.74) is 7.24. The van der Waals surface area contributed by atoms with Gasteiger partial charge in [-0.25, -0.2) is 0 Å². The quantitative estimate of drug-likeness (QED) is 0.808. The fourth-order valence-corrected chi connectivity index (χ4v) is 2.13. The number of halogens is 2. The second-order valence-corrected chi connectivity index (χ2v) is 5.32. The highest BCUT2D eigenvalue weighted by atomic mass is 79.9. The first kappa shape index (κ1) is 14.4. The molecule has 0 unspecified atom stereocenters. The van der Waals surface area contributed by atoms with Crippen molar-refractivity contribution >= 4 is 44.8 Å². The molecule has 100 valence electrons. The minimum absolute atomic E-state index is 0.331. The Morgan fingerprint density at radius 1 is 1.30 bits per heavy atom. The second-order valence-electron chi connectivity index (χ2n) is 3.99. The van der Waals surface area contributed by atoms with Gasteiger partial charge >= 0.3 is 0 Å². The zero-order valence-corrected chi connectivity index (χ0v) is 12.5. The summed E-state index contributed by atoms with van der Waals surface area (Å²) in [7, 11) is 0. The summed E-state index contributed by atoms with van der Waals surface area (Å²) in [4.78, 5) is 12.2. The minimum Gasteiger partial charge on any atom is -0.398 e. The van der Waals surface area contributed by atoms with Gasteiger partial charge in [0.15, 0.2) is 0 Å². The number of hydrogen-bond donors (Lipinski definition) is 2. The number of amides is 1. The van der Waals surface area contributed by atoms with E-state index >= 15 is 0 Å². The van der Waals surface area contributed by atoms with Gasteiger partial charge in [-0.1, -0.05) is 27.5 Å². The SMILES string of the molecule is N#Cc1ccc(Cl)c(NC(=O)c2cc(Br)ccc2N)c1. The number of nitrogens with one attached hydrogen (secondary N) is 1. The van der Waals surface area contributed by atoms with Gasteiger partial charge < -0.3 is 11.1 Å². The van der Waals surface area contributed by atoms with Crippen LogP contribution < -0.4 is 11.1 Å². The molecule has 0 saturated heterocycles. The van der Waals surface area contributed by atoms with Crippen molar-refractivity contribution in [2.24, 2.45) is 0 Å².